The van der Waals surface area contributed by atoms with Crippen LogP contribution in [0.4, 0.5) is 10.2 Å². The third-order valence-electron chi connectivity index (χ3n) is 6.01. The largest absolute Gasteiger partial charge is 0.383 e. The number of fused-ring (bicyclic) bond motifs is 1. The first-order valence-corrected chi connectivity index (χ1v) is 12.9. The summed E-state index contributed by atoms with van der Waals surface area (Å²) in [5.74, 6) is -0.520. The van der Waals surface area contributed by atoms with Crippen molar-refractivity contribution in [1.82, 2.24) is 29.8 Å². The van der Waals surface area contributed by atoms with E-state index >= 15 is 0 Å². The van der Waals surface area contributed by atoms with Gasteiger partial charge in [-0.3, -0.25) is 0 Å². The lowest BCUT2D eigenvalue weighted by Crippen LogP contribution is -2.32. The molecule has 1 aliphatic rings. The number of nitrogen functional groups attached to an aromatic ring is 1. The van der Waals surface area contributed by atoms with Gasteiger partial charge < -0.3 is 11.1 Å². The van der Waals surface area contributed by atoms with Crippen molar-refractivity contribution < 1.29 is 12.8 Å². The van der Waals surface area contributed by atoms with Crippen LogP contribution >= 0.6 is 11.6 Å². The van der Waals surface area contributed by atoms with E-state index in [0.29, 0.717) is 28.1 Å². The minimum atomic E-state index is -4.08. The zero-order valence-electron chi connectivity index (χ0n) is 18.6. The van der Waals surface area contributed by atoms with E-state index in [0.717, 1.165) is 43.6 Å². The molecule has 1 aliphatic heterocycles. The first-order chi connectivity index (χ1) is 16.8. The summed E-state index contributed by atoms with van der Waals surface area (Å²) >= 11 is 5.83. The summed E-state index contributed by atoms with van der Waals surface area (Å²) < 4.78 is 43.4. The van der Waals surface area contributed by atoms with Gasteiger partial charge in [-0.05, 0) is 43.1 Å². The molecule has 0 spiro atoms. The van der Waals surface area contributed by atoms with Crippen LogP contribution in [0, 0.1) is 5.82 Å². The number of piperidine rings is 1. The average Bonchev–Trinajstić information content (AvgIpc) is 3.26. The second-order valence-corrected chi connectivity index (χ2v) is 10.5. The van der Waals surface area contributed by atoms with Crippen LogP contribution in [-0.4, -0.2) is 41.3 Å². The molecule has 4 aromatic rings. The third-order valence-corrected chi connectivity index (χ3v) is 7.66. The second-order valence-electron chi connectivity index (χ2n) is 8.35. The van der Waals surface area contributed by atoms with Gasteiger partial charge in [-0.15, -0.1) is 0 Å². The number of nitrogens with two attached hydrogens (primary N) is 1. The molecular formula is C23H23ClFN7O2S. The highest BCUT2D eigenvalue weighted by Crippen LogP contribution is 2.33. The highest BCUT2D eigenvalue weighted by Gasteiger charge is 2.24. The number of hydrogen-bond acceptors (Lipinski definition) is 7. The molecule has 35 heavy (non-hydrogen) atoms. The molecule has 9 nitrogen and oxygen atoms in total. The Kier molecular flexibility index (Phi) is 6.41. The normalized spacial score (nSPS) is 16.6. The van der Waals surface area contributed by atoms with Crippen LogP contribution in [0.2, 0.25) is 5.02 Å². The zero-order valence-corrected chi connectivity index (χ0v) is 20.2. The Morgan fingerprint density at radius 1 is 1.20 bits per heavy atom. The van der Waals surface area contributed by atoms with Gasteiger partial charge in [-0.1, -0.05) is 35.9 Å². The molecule has 2 aromatic carbocycles. The van der Waals surface area contributed by atoms with Crippen molar-refractivity contribution >= 4 is 38.5 Å². The van der Waals surface area contributed by atoms with Crippen molar-refractivity contribution in [1.29, 1.82) is 0 Å². The summed E-state index contributed by atoms with van der Waals surface area (Å²) in [6, 6.07) is 10.8. The number of benzene rings is 2. The minimum Gasteiger partial charge on any atom is -0.383 e. The van der Waals surface area contributed by atoms with Gasteiger partial charge in [-0.25, -0.2) is 32.2 Å². The number of nitrogens with one attached hydrogen (secondary N) is 2. The van der Waals surface area contributed by atoms with Gasteiger partial charge in [0.15, 0.2) is 5.65 Å². The monoisotopic (exact) mass is 515 g/mol. The zero-order chi connectivity index (χ0) is 24.6. The Morgan fingerprint density at radius 3 is 2.74 bits per heavy atom. The van der Waals surface area contributed by atoms with E-state index in [-0.39, 0.29) is 17.6 Å². The number of rotatable bonds is 6. The molecule has 5 rings (SSSR count). The van der Waals surface area contributed by atoms with Crippen molar-refractivity contribution in [2.24, 2.45) is 0 Å². The molecular weight excluding hydrogens is 493 g/mol. The Hall–Kier alpha value is -3.12. The molecule has 1 saturated heterocycles. The van der Waals surface area contributed by atoms with Crippen molar-refractivity contribution in [3.8, 4) is 11.3 Å². The van der Waals surface area contributed by atoms with Gasteiger partial charge in [-0.2, -0.15) is 5.10 Å². The number of nitrogens with zero attached hydrogens (tertiary/aromatic N) is 4. The fraction of sp³-hybridized carbons (Fsp3) is 0.261. The smallest absolute Gasteiger partial charge is 0.243 e. The molecule has 182 valence electrons. The Balaban J connectivity index is 1.41. The summed E-state index contributed by atoms with van der Waals surface area (Å²) in [7, 11) is -4.08. The van der Waals surface area contributed by atoms with Crippen LogP contribution in [0.15, 0.2) is 53.7 Å². The average molecular weight is 516 g/mol. The first-order valence-electron chi connectivity index (χ1n) is 11.1. The van der Waals surface area contributed by atoms with E-state index < -0.39 is 20.7 Å². The third kappa shape index (κ3) is 4.72. The van der Waals surface area contributed by atoms with Gasteiger partial charge in [0.2, 0.25) is 10.0 Å². The maximum Gasteiger partial charge on any atom is 0.243 e. The quantitative estimate of drug-likeness (QED) is 0.359. The predicted molar refractivity (Wildman–Crippen MR) is 132 cm³/mol. The fourth-order valence-corrected chi connectivity index (χ4v) is 5.57. The summed E-state index contributed by atoms with van der Waals surface area (Å²) in [4.78, 5) is 8.10. The molecule has 0 saturated carbocycles. The van der Waals surface area contributed by atoms with Gasteiger partial charge in [0.05, 0.1) is 11.4 Å². The highest BCUT2D eigenvalue weighted by molar-refractivity contribution is 7.89. The van der Waals surface area contributed by atoms with Crippen LogP contribution < -0.4 is 15.8 Å². The number of sulfonamides is 1. The lowest BCUT2D eigenvalue weighted by atomic mass is 10.1. The molecule has 0 radical (unpaired) electrons. The molecule has 1 fully saturated rings. The SMILES string of the molecule is Nc1ncnc2c1c(-c1ccc(CNS(=O)(=O)c3cc(Cl)ccc3F)cc1)nn2C1CCCNC1. The number of aromatic nitrogens is 4. The maximum absolute atomic E-state index is 14.0. The first kappa shape index (κ1) is 23.6. The lowest BCUT2D eigenvalue weighted by Gasteiger charge is -2.23. The van der Waals surface area contributed by atoms with E-state index in [2.05, 4.69) is 20.0 Å². The number of halogens is 2. The van der Waals surface area contributed by atoms with Crippen LogP contribution in [-0.2, 0) is 16.6 Å². The molecule has 0 bridgehead atoms. The highest BCUT2D eigenvalue weighted by atomic mass is 35.5. The van der Waals surface area contributed by atoms with Crippen LogP contribution in [0.25, 0.3) is 22.3 Å². The molecule has 0 amide bonds. The lowest BCUT2D eigenvalue weighted by molar-refractivity contribution is 0.354. The standard InChI is InChI=1S/C23H23ClFN7O2S/c24-16-7-8-18(25)19(10-16)35(33,34)30-11-14-3-5-15(6-4-14)21-20-22(26)28-13-29-23(20)32(31-21)17-2-1-9-27-12-17/h3-8,10,13,17,27,30H,1-2,9,11-12H2,(H2,26,28,29). The summed E-state index contributed by atoms with van der Waals surface area (Å²) in [6.45, 7) is 1.75. The van der Waals surface area contributed by atoms with E-state index in [9.17, 15) is 12.8 Å². The molecule has 3 heterocycles. The minimum absolute atomic E-state index is 0.0251. The second kappa shape index (κ2) is 9.50. The van der Waals surface area contributed by atoms with Crippen LogP contribution in [0.1, 0.15) is 24.4 Å². The van der Waals surface area contributed by atoms with Crippen molar-refractivity contribution in [2.45, 2.75) is 30.3 Å². The van der Waals surface area contributed by atoms with Gasteiger partial charge in [0, 0.05) is 23.7 Å². The molecule has 0 aliphatic carbocycles. The summed E-state index contributed by atoms with van der Waals surface area (Å²) in [5, 5.41) is 9.05. The number of hydrogen-bond donors (Lipinski definition) is 3. The Labute approximate surface area is 206 Å². The molecule has 12 heteroatoms. The maximum atomic E-state index is 14.0. The van der Waals surface area contributed by atoms with E-state index in [4.69, 9.17) is 22.4 Å². The molecule has 2 aromatic heterocycles. The topological polar surface area (TPSA) is 128 Å². The molecule has 4 N–H and O–H groups in total. The Morgan fingerprint density at radius 2 is 2.00 bits per heavy atom. The van der Waals surface area contributed by atoms with Crippen LogP contribution in [0.3, 0.4) is 0 Å². The van der Waals surface area contributed by atoms with E-state index in [1.165, 1.54) is 12.4 Å². The fourth-order valence-electron chi connectivity index (χ4n) is 4.21. The van der Waals surface area contributed by atoms with Crippen molar-refractivity contribution in [3.63, 3.8) is 0 Å². The van der Waals surface area contributed by atoms with Gasteiger partial charge >= 0.3 is 0 Å². The summed E-state index contributed by atoms with van der Waals surface area (Å²) in [5.41, 5.74) is 9.03. The predicted octanol–water partition coefficient (Wildman–Crippen LogP) is 3.27. The molecule has 1 unspecified atom stereocenters. The Bertz CT molecular complexity index is 1490. The van der Waals surface area contributed by atoms with E-state index in [1.807, 2.05) is 16.8 Å². The van der Waals surface area contributed by atoms with Gasteiger partial charge in [0.25, 0.3) is 0 Å². The van der Waals surface area contributed by atoms with Crippen LogP contribution in [0.5, 0.6) is 0 Å². The van der Waals surface area contributed by atoms with Crippen molar-refractivity contribution in [2.75, 3.05) is 18.8 Å². The van der Waals surface area contributed by atoms with Crippen molar-refractivity contribution in [3.05, 3.63) is 65.2 Å². The summed E-state index contributed by atoms with van der Waals surface area (Å²) in [6.07, 6.45) is 3.47. The van der Waals surface area contributed by atoms with Gasteiger partial charge in [0.1, 0.15) is 28.6 Å². The number of anilines is 1. The van der Waals surface area contributed by atoms with E-state index in [1.54, 1.807) is 12.1 Å². The molecule has 1 atom stereocenters.